The van der Waals surface area contributed by atoms with Crippen molar-refractivity contribution in [1.29, 1.82) is 0 Å². The summed E-state index contributed by atoms with van der Waals surface area (Å²) in [6, 6.07) is 5.39. The Kier molecular flexibility index (Phi) is 7.39. The fraction of sp³-hybridized carbons (Fsp3) is 0.467. The number of hydrogen-bond donors (Lipinski definition) is 3. The normalized spacial score (nSPS) is 11.9. The number of carboxylic acids is 1. The molecule has 0 fully saturated rings. The molecule has 1 atom stereocenters. The van der Waals surface area contributed by atoms with Gasteiger partial charge in [0.25, 0.3) is 0 Å². The van der Waals surface area contributed by atoms with Gasteiger partial charge in [0.2, 0.25) is 5.91 Å². The third-order valence-corrected chi connectivity index (χ3v) is 3.03. The highest BCUT2D eigenvalue weighted by Crippen LogP contribution is 2.02. The van der Waals surface area contributed by atoms with Crippen LogP contribution in [0.2, 0.25) is 0 Å². The second kappa shape index (κ2) is 9.07. The van der Waals surface area contributed by atoms with Crippen molar-refractivity contribution >= 4 is 11.9 Å². The lowest BCUT2D eigenvalue weighted by molar-refractivity contribution is -0.139. The first-order valence-electron chi connectivity index (χ1n) is 7.00. The Morgan fingerprint density at radius 1 is 1.29 bits per heavy atom. The minimum absolute atomic E-state index is 0.0274. The molecule has 5 nitrogen and oxygen atoms in total. The summed E-state index contributed by atoms with van der Waals surface area (Å²) in [5, 5.41) is 14.3. The van der Waals surface area contributed by atoms with E-state index >= 15 is 0 Å². The van der Waals surface area contributed by atoms with Crippen molar-refractivity contribution in [2.75, 3.05) is 13.1 Å². The topological polar surface area (TPSA) is 78.4 Å². The van der Waals surface area contributed by atoms with Crippen molar-refractivity contribution in [3.63, 3.8) is 0 Å². The average molecular weight is 296 g/mol. The van der Waals surface area contributed by atoms with Gasteiger partial charge >= 0.3 is 5.97 Å². The van der Waals surface area contributed by atoms with Crippen molar-refractivity contribution in [3.8, 4) is 0 Å². The van der Waals surface area contributed by atoms with Gasteiger partial charge < -0.3 is 10.4 Å². The lowest BCUT2D eigenvalue weighted by atomic mass is 10.1. The average Bonchev–Trinajstić information content (AvgIpc) is 2.45. The molecule has 0 saturated heterocycles. The molecule has 0 spiro atoms. The number of halogens is 1. The summed E-state index contributed by atoms with van der Waals surface area (Å²) in [6.07, 6.45) is 1.82. The van der Waals surface area contributed by atoms with E-state index in [1.807, 2.05) is 6.92 Å². The van der Waals surface area contributed by atoms with E-state index < -0.39 is 12.0 Å². The first-order valence-corrected chi connectivity index (χ1v) is 7.00. The maximum atomic E-state index is 12.7. The smallest absolute Gasteiger partial charge is 0.320 e. The molecule has 1 aromatic carbocycles. The van der Waals surface area contributed by atoms with Crippen molar-refractivity contribution < 1.29 is 19.1 Å². The number of amides is 1. The van der Waals surface area contributed by atoms with E-state index in [-0.39, 0.29) is 18.3 Å². The fourth-order valence-electron chi connectivity index (χ4n) is 1.88. The molecule has 0 bridgehead atoms. The summed E-state index contributed by atoms with van der Waals surface area (Å²) in [4.78, 5) is 22.5. The standard InChI is InChI=1S/C15H21FN2O3/c1-2-3-13(15(20)21)18-10-14(19)17-9-8-11-4-6-12(16)7-5-11/h4-7,13,18H,2-3,8-10H2,1H3,(H,17,19)(H,20,21). The first kappa shape index (κ1) is 17.1. The second-order valence-electron chi connectivity index (χ2n) is 4.79. The van der Waals surface area contributed by atoms with Crippen molar-refractivity contribution in [3.05, 3.63) is 35.6 Å². The second-order valence-corrected chi connectivity index (χ2v) is 4.79. The third kappa shape index (κ3) is 6.85. The van der Waals surface area contributed by atoms with Crippen molar-refractivity contribution in [2.45, 2.75) is 32.2 Å². The fourth-order valence-corrected chi connectivity index (χ4v) is 1.88. The van der Waals surface area contributed by atoms with Gasteiger partial charge in [-0.25, -0.2) is 4.39 Å². The van der Waals surface area contributed by atoms with Crippen LogP contribution in [-0.2, 0) is 16.0 Å². The number of hydrogen-bond acceptors (Lipinski definition) is 3. The lowest BCUT2D eigenvalue weighted by Crippen LogP contribution is -2.43. The van der Waals surface area contributed by atoms with Crippen LogP contribution in [0.25, 0.3) is 0 Å². The third-order valence-electron chi connectivity index (χ3n) is 3.03. The monoisotopic (exact) mass is 296 g/mol. The summed E-state index contributed by atoms with van der Waals surface area (Å²) < 4.78 is 12.7. The van der Waals surface area contributed by atoms with Gasteiger partial charge in [0.15, 0.2) is 0 Å². The maximum absolute atomic E-state index is 12.7. The first-order chi connectivity index (χ1) is 10.0. The summed E-state index contributed by atoms with van der Waals surface area (Å²) in [6.45, 7) is 2.29. The zero-order chi connectivity index (χ0) is 15.7. The molecule has 0 aliphatic carbocycles. The Morgan fingerprint density at radius 3 is 2.52 bits per heavy atom. The summed E-state index contributed by atoms with van der Waals surface area (Å²) in [5.74, 6) is -1.49. The van der Waals surface area contributed by atoms with E-state index in [9.17, 15) is 14.0 Å². The number of benzene rings is 1. The Balaban J connectivity index is 2.24. The highest BCUT2D eigenvalue weighted by molar-refractivity contribution is 5.79. The van der Waals surface area contributed by atoms with Crippen molar-refractivity contribution in [1.82, 2.24) is 10.6 Å². The van der Waals surface area contributed by atoms with Crippen LogP contribution in [0.3, 0.4) is 0 Å². The Morgan fingerprint density at radius 2 is 1.95 bits per heavy atom. The van der Waals surface area contributed by atoms with Crippen LogP contribution >= 0.6 is 0 Å². The largest absolute Gasteiger partial charge is 0.480 e. The maximum Gasteiger partial charge on any atom is 0.320 e. The lowest BCUT2D eigenvalue weighted by Gasteiger charge is -2.13. The molecule has 1 aromatic rings. The highest BCUT2D eigenvalue weighted by atomic mass is 19.1. The summed E-state index contributed by atoms with van der Waals surface area (Å²) in [7, 11) is 0. The molecule has 0 heterocycles. The van der Waals surface area contributed by atoms with Crippen LogP contribution in [0.1, 0.15) is 25.3 Å². The quantitative estimate of drug-likeness (QED) is 0.642. The number of carbonyl (C=O) groups excluding carboxylic acids is 1. The zero-order valence-corrected chi connectivity index (χ0v) is 12.1. The van der Waals surface area contributed by atoms with Crippen LogP contribution in [0.5, 0.6) is 0 Å². The molecule has 0 aliphatic rings. The summed E-state index contributed by atoms with van der Waals surface area (Å²) in [5.41, 5.74) is 0.930. The minimum Gasteiger partial charge on any atom is -0.480 e. The molecule has 3 N–H and O–H groups in total. The van der Waals surface area contributed by atoms with E-state index in [1.165, 1.54) is 12.1 Å². The predicted octanol–water partition coefficient (Wildman–Crippen LogP) is 1.33. The molecule has 116 valence electrons. The Hall–Kier alpha value is -1.95. The molecular formula is C15H21FN2O3. The molecule has 6 heteroatoms. The van der Waals surface area contributed by atoms with E-state index in [4.69, 9.17) is 5.11 Å². The van der Waals surface area contributed by atoms with Gasteiger partial charge in [-0.3, -0.25) is 14.9 Å². The van der Waals surface area contributed by atoms with Gasteiger partial charge in [0.1, 0.15) is 11.9 Å². The molecule has 21 heavy (non-hydrogen) atoms. The molecule has 1 rings (SSSR count). The Bertz CT molecular complexity index is 462. The molecule has 1 amide bonds. The van der Waals surface area contributed by atoms with Crippen LogP contribution in [-0.4, -0.2) is 36.1 Å². The van der Waals surface area contributed by atoms with E-state index in [0.717, 1.165) is 12.0 Å². The van der Waals surface area contributed by atoms with Gasteiger partial charge in [-0.1, -0.05) is 25.5 Å². The predicted molar refractivity (Wildman–Crippen MR) is 77.4 cm³/mol. The SMILES string of the molecule is CCCC(NCC(=O)NCCc1ccc(F)cc1)C(=O)O. The number of aliphatic carboxylic acids is 1. The molecule has 0 saturated carbocycles. The zero-order valence-electron chi connectivity index (χ0n) is 12.1. The van der Waals surface area contributed by atoms with E-state index in [2.05, 4.69) is 10.6 Å². The van der Waals surface area contributed by atoms with Gasteiger partial charge in [0.05, 0.1) is 6.54 Å². The minimum atomic E-state index is -0.948. The van der Waals surface area contributed by atoms with Crippen LogP contribution < -0.4 is 10.6 Å². The van der Waals surface area contributed by atoms with E-state index in [0.29, 0.717) is 19.4 Å². The molecular weight excluding hydrogens is 275 g/mol. The van der Waals surface area contributed by atoms with E-state index in [1.54, 1.807) is 12.1 Å². The van der Waals surface area contributed by atoms with Gasteiger partial charge in [-0.2, -0.15) is 0 Å². The number of carboxylic acid groups (broad SMARTS) is 1. The highest BCUT2D eigenvalue weighted by Gasteiger charge is 2.16. The molecule has 0 radical (unpaired) electrons. The van der Waals surface area contributed by atoms with Gasteiger partial charge in [-0.05, 0) is 30.5 Å². The van der Waals surface area contributed by atoms with Crippen LogP contribution in [0.15, 0.2) is 24.3 Å². The van der Waals surface area contributed by atoms with Crippen LogP contribution in [0, 0.1) is 5.82 Å². The molecule has 0 aromatic heterocycles. The van der Waals surface area contributed by atoms with Gasteiger partial charge in [0, 0.05) is 6.54 Å². The van der Waals surface area contributed by atoms with Crippen LogP contribution in [0.4, 0.5) is 4.39 Å². The van der Waals surface area contributed by atoms with Gasteiger partial charge in [-0.15, -0.1) is 0 Å². The Labute approximate surface area is 123 Å². The molecule has 1 unspecified atom stereocenters. The number of carbonyl (C=O) groups is 2. The molecule has 0 aliphatic heterocycles. The number of rotatable bonds is 9. The number of nitrogens with one attached hydrogen (secondary N) is 2. The summed E-state index contributed by atoms with van der Waals surface area (Å²) >= 11 is 0. The van der Waals surface area contributed by atoms with Crippen molar-refractivity contribution in [2.24, 2.45) is 0 Å².